The Labute approximate surface area is 166 Å². The standard InChI is InChI=1S/C18H18ClN5O2S/c1-26-11-10-24-17(13-6-8-20-9-7-13)22-23-18(24)27-12-16(25)21-15-5-3-2-4-14(15)19/h2-9H,10-12H2,1H3,(H,21,25). The zero-order valence-corrected chi connectivity index (χ0v) is 16.2. The van der Waals surface area contributed by atoms with Gasteiger partial charge in [0.25, 0.3) is 0 Å². The third kappa shape index (κ3) is 5.06. The zero-order chi connectivity index (χ0) is 19.1. The van der Waals surface area contributed by atoms with Gasteiger partial charge < -0.3 is 10.1 Å². The van der Waals surface area contributed by atoms with Crippen molar-refractivity contribution in [3.8, 4) is 11.4 Å². The Balaban J connectivity index is 1.71. The van der Waals surface area contributed by atoms with Gasteiger partial charge in [0.15, 0.2) is 11.0 Å². The second-order valence-electron chi connectivity index (χ2n) is 5.50. The largest absolute Gasteiger partial charge is 0.383 e. The van der Waals surface area contributed by atoms with Crippen molar-refractivity contribution in [1.29, 1.82) is 0 Å². The average molecular weight is 404 g/mol. The highest BCUT2D eigenvalue weighted by atomic mass is 35.5. The number of para-hydroxylation sites is 1. The Morgan fingerprint density at radius 2 is 2.00 bits per heavy atom. The predicted molar refractivity (Wildman–Crippen MR) is 106 cm³/mol. The second-order valence-corrected chi connectivity index (χ2v) is 6.85. The summed E-state index contributed by atoms with van der Waals surface area (Å²) in [5.74, 6) is 0.732. The molecule has 0 saturated heterocycles. The van der Waals surface area contributed by atoms with Crippen LogP contribution in [0, 0.1) is 0 Å². The molecule has 0 fully saturated rings. The lowest BCUT2D eigenvalue weighted by molar-refractivity contribution is -0.113. The summed E-state index contributed by atoms with van der Waals surface area (Å²) in [5, 5.41) is 12.5. The first kappa shape index (κ1) is 19.3. The number of methoxy groups -OCH3 is 1. The monoisotopic (exact) mass is 403 g/mol. The van der Waals surface area contributed by atoms with Gasteiger partial charge in [0.05, 0.1) is 29.6 Å². The normalized spacial score (nSPS) is 10.7. The molecule has 1 N–H and O–H groups in total. The molecule has 0 radical (unpaired) electrons. The number of rotatable bonds is 8. The quantitative estimate of drug-likeness (QED) is 0.581. The van der Waals surface area contributed by atoms with Gasteiger partial charge in [0.1, 0.15) is 0 Å². The molecule has 2 aromatic heterocycles. The molecule has 0 aliphatic carbocycles. The number of carbonyl (C=O) groups excluding carboxylic acids is 1. The van der Waals surface area contributed by atoms with Crippen LogP contribution in [0.4, 0.5) is 5.69 Å². The van der Waals surface area contributed by atoms with Crippen LogP contribution in [-0.4, -0.2) is 45.1 Å². The molecule has 0 aliphatic heterocycles. The van der Waals surface area contributed by atoms with Crippen LogP contribution in [-0.2, 0) is 16.1 Å². The Hall–Kier alpha value is -2.42. The minimum absolute atomic E-state index is 0.167. The first-order valence-corrected chi connectivity index (χ1v) is 9.55. The Bertz CT molecular complexity index is 904. The molecule has 3 rings (SSSR count). The maximum atomic E-state index is 12.3. The van der Waals surface area contributed by atoms with E-state index in [0.717, 1.165) is 5.56 Å². The molecule has 7 nitrogen and oxygen atoms in total. The average Bonchev–Trinajstić information content (AvgIpc) is 3.10. The number of hydrogen-bond donors (Lipinski definition) is 1. The number of carbonyl (C=O) groups is 1. The van der Waals surface area contributed by atoms with Crippen molar-refractivity contribution in [3.63, 3.8) is 0 Å². The number of benzene rings is 1. The van der Waals surface area contributed by atoms with Crippen molar-refractivity contribution in [3.05, 3.63) is 53.8 Å². The highest BCUT2D eigenvalue weighted by Crippen LogP contribution is 2.25. The fraction of sp³-hybridized carbons (Fsp3) is 0.222. The van der Waals surface area contributed by atoms with Crippen LogP contribution in [0.25, 0.3) is 11.4 Å². The van der Waals surface area contributed by atoms with Crippen LogP contribution in [0.2, 0.25) is 5.02 Å². The minimum Gasteiger partial charge on any atom is -0.383 e. The van der Waals surface area contributed by atoms with Crippen molar-refractivity contribution in [2.75, 3.05) is 24.8 Å². The smallest absolute Gasteiger partial charge is 0.234 e. The predicted octanol–water partition coefficient (Wildman–Crippen LogP) is 3.37. The molecule has 0 bridgehead atoms. The van der Waals surface area contributed by atoms with Crippen molar-refractivity contribution in [2.24, 2.45) is 0 Å². The summed E-state index contributed by atoms with van der Waals surface area (Å²) in [4.78, 5) is 16.3. The third-order valence-electron chi connectivity index (χ3n) is 3.65. The van der Waals surface area contributed by atoms with Crippen LogP contribution in [0.3, 0.4) is 0 Å². The number of amides is 1. The highest BCUT2D eigenvalue weighted by Gasteiger charge is 2.16. The lowest BCUT2D eigenvalue weighted by Gasteiger charge is -2.10. The number of halogens is 1. The highest BCUT2D eigenvalue weighted by molar-refractivity contribution is 7.99. The summed E-state index contributed by atoms with van der Waals surface area (Å²) >= 11 is 7.38. The van der Waals surface area contributed by atoms with Crippen molar-refractivity contribution >= 4 is 35.0 Å². The summed E-state index contributed by atoms with van der Waals surface area (Å²) in [6, 6.07) is 10.8. The van der Waals surface area contributed by atoms with E-state index in [-0.39, 0.29) is 11.7 Å². The lowest BCUT2D eigenvalue weighted by Crippen LogP contribution is -2.15. The van der Waals surface area contributed by atoms with Crippen molar-refractivity contribution in [1.82, 2.24) is 19.7 Å². The molecule has 0 aliphatic rings. The first-order valence-electron chi connectivity index (χ1n) is 8.18. The third-order valence-corrected chi connectivity index (χ3v) is 4.95. The number of thioether (sulfide) groups is 1. The van der Waals surface area contributed by atoms with Gasteiger partial charge in [-0.3, -0.25) is 14.3 Å². The van der Waals surface area contributed by atoms with Crippen molar-refractivity contribution < 1.29 is 9.53 Å². The van der Waals surface area contributed by atoms with Gasteiger partial charge in [-0.05, 0) is 24.3 Å². The molecule has 1 aromatic carbocycles. The molecule has 3 aromatic rings. The van der Waals surface area contributed by atoms with E-state index in [2.05, 4.69) is 20.5 Å². The Morgan fingerprint density at radius 3 is 2.74 bits per heavy atom. The molecular weight excluding hydrogens is 386 g/mol. The number of pyridine rings is 1. The van der Waals surface area contributed by atoms with E-state index in [0.29, 0.717) is 34.8 Å². The van der Waals surface area contributed by atoms with Crippen LogP contribution < -0.4 is 5.32 Å². The molecule has 2 heterocycles. The van der Waals surface area contributed by atoms with Gasteiger partial charge in [-0.15, -0.1) is 10.2 Å². The van der Waals surface area contributed by atoms with E-state index in [9.17, 15) is 4.79 Å². The van der Waals surface area contributed by atoms with E-state index in [1.807, 2.05) is 28.8 Å². The SMILES string of the molecule is COCCn1c(SCC(=O)Nc2ccccc2Cl)nnc1-c1ccncc1. The number of nitrogens with zero attached hydrogens (tertiary/aromatic N) is 4. The summed E-state index contributed by atoms with van der Waals surface area (Å²) in [5.41, 5.74) is 1.49. The van der Waals surface area contributed by atoms with Crippen LogP contribution in [0.15, 0.2) is 53.9 Å². The zero-order valence-electron chi connectivity index (χ0n) is 14.6. The summed E-state index contributed by atoms with van der Waals surface area (Å²) in [7, 11) is 1.64. The van der Waals surface area contributed by atoms with E-state index in [4.69, 9.17) is 16.3 Å². The second kappa shape index (κ2) is 9.50. The molecule has 0 saturated carbocycles. The van der Waals surface area contributed by atoms with Gasteiger partial charge in [-0.25, -0.2) is 0 Å². The number of ether oxygens (including phenoxy) is 1. The van der Waals surface area contributed by atoms with Crippen LogP contribution in [0.5, 0.6) is 0 Å². The summed E-state index contributed by atoms with van der Waals surface area (Å²) < 4.78 is 7.12. The fourth-order valence-electron chi connectivity index (χ4n) is 2.37. The van der Waals surface area contributed by atoms with Gasteiger partial charge >= 0.3 is 0 Å². The topological polar surface area (TPSA) is 81.9 Å². The molecular formula is C18H18ClN5O2S. The minimum atomic E-state index is -0.167. The fourth-order valence-corrected chi connectivity index (χ4v) is 3.32. The van der Waals surface area contributed by atoms with Crippen molar-refractivity contribution in [2.45, 2.75) is 11.7 Å². The maximum Gasteiger partial charge on any atom is 0.234 e. The van der Waals surface area contributed by atoms with Gasteiger partial charge in [-0.1, -0.05) is 35.5 Å². The molecule has 140 valence electrons. The van der Waals surface area contributed by atoms with Gasteiger partial charge in [-0.2, -0.15) is 0 Å². The van der Waals surface area contributed by atoms with E-state index in [1.165, 1.54) is 11.8 Å². The van der Waals surface area contributed by atoms with Gasteiger partial charge in [0, 0.05) is 25.1 Å². The van der Waals surface area contributed by atoms with Crippen LogP contribution in [0.1, 0.15) is 0 Å². The Kier molecular flexibility index (Phi) is 6.80. The van der Waals surface area contributed by atoms with E-state index >= 15 is 0 Å². The number of anilines is 1. The molecule has 9 heteroatoms. The number of hydrogen-bond acceptors (Lipinski definition) is 6. The first-order chi connectivity index (χ1) is 13.2. The molecule has 0 atom stereocenters. The lowest BCUT2D eigenvalue weighted by atomic mass is 10.2. The Morgan fingerprint density at radius 1 is 1.22 bits per heavy atom. The number of aromatic nitrogens is 4. The van der Waals surface area contributed by atoms with E-state index in [1.54, 1.807) is 31.6 Å². The maximum absolute atomic E-state index is 12.3. The van der Waals surface area contributed by atoms with E-state index < -0.39 is 0 Å². The molecule has 1 amide bonds. The number of nitrogens with one attached hydrogen (secondary N) is 1. The summed E-state index contributed by atoms with van der Waals surface area (Å²) in [6.45, 7) is 1.09. The molecule has 27 heavy (non-hydrogen) atoms. The van der Waals surface area contributed by atoms with Crippen LogP contribution >= 0.6 is 23.4 Å². The molecule has 0 unspecified atom stereocenters. The summed E-state index contributed by atoms with van der Waals surface area (Å²) in [6.07, 6.45) is 3.41. The molecule has 0 spiro atoms. The van der Waals surface area contributed by atoms with Gasteiger partial charge in [0.2, 0.25) is 5.91 Å².